The molecule has 27 heavy (non-hydrogen) atoms. The van der Waals surface area contributed by atoms with Crippen molar-refractivity contribution in [2.24, 2.45) is 0 Å². The van der Waals surface area contributed by atoms with Gasteiger partial charge in [0.25, 0.3) is 5.69 Å². The molecule has 0 aromatic heterocycles. The van der Waals surface area contributed by atoms with Crippen molar-refractivity contribution in [3.63, 3.8) is 0 Å². The maximum absolute atomic E-state index is 11.3. The Morgan fingerprint density at radius 1 is 1.04 bits per heavy atom. The Balaban J connectivity index is 1.76. The normalized spacial score (nSPS) is 21.9. The molecule has 3 aromatic carbocycles. The number of piperidine rings is 1. The lowest BCUT2D eigenvalue weighted by Crippen LogP contribution is -2.48. The molecule has 5 heteroatoms. The minimum absolute atomic E-state index is 0.0247. The minimum atomic E-state index is -0.319. The van der Waals surface area contributed by atoms with Gasteiger partial charge in [-0.25, -0.2) is 0 Å². The molecule has 2 heterocycles. The topological polar surface area (TPSA) is 55.6 Å². The van der Waals surface area contributed by atoms with Gasteiger partial charge < -0.3 is 4.74 Å². The maximum Gasteiger partial charge on any atom is 0.269 e. The SMILES string of the molecule is O=[N+]([O-])c1cccc([C@@H]2c3c(ccc4ccccc34)O[C@H]3CCCCN23)c1. The van der Waals surface area contributed by atoms with Crippen LogP contribution in [0.25, 0.3) is 10.8 Å². The first-order chi connectivity index (χ1) is 13.2. The molecule has 0 spiro atoms. The second-order valence-electron chi connectivity index (χ2n) is 7.26. The van der Waals surface area contributed by atoms with Crippen LogP contribution in [0.4, 0.5) is 5.69 Å². The van der Waals surface area contributed by atoms with Gasteiger partial charge in [-0.15, -0.1) is 0 Å². The lowest BCUT2D eigenvalue weighted by atomic mass is 9.88. The number of hydrogen-bond acceptors (Lipinski definition) is 4. The Morgan fingerprint density at radius 3 is 2.81 bits per heavy atom. The monoisotopic (exact) mass is 360 g/mol. The van der Waals surface area contributed by atoms with Crippen LogP contribution in [0.2, 0.25) is 0 Å². The van der Waals surface area contributed by atoms with Gasteiger partial charge >= 0.3 is 0 Å². The Morgan fingerprint density at radius 2 is 1.93 bits per heavy atom. The summed E-state index contributed by atoms with van der Waals surface area (Å²) in [6.45, 7) is 0.931. The lowest BCUT2D eigenvalue weighted by Gasteiger charge is -2.46. The average Bonchev–Trinajstić information content (AvgIpc) is 2.72. The molecule has 3 aromatic rings. The van der Waals surface area contributed by atoms with Gasteiger partial charge in [0.1, 0.15) is 5.75 Å². The largest absolute Gasteiger partial charge is 0.475 e. The third-order valence-corrected chi connectivity index (χ3v) is 5.68. The average molecular weight is 360 g/mol. The molecule has 2 aliphatic rings. The molecule has 5 rings (SSSR count). The molecule has 0 N–H and O–H groups in total. The molecule has 136 valence electrons. The van der Waals surface area contributed by atoms with Crippen LogP contribution in [0.15, 0.2) is 60.7 Å². The number of nitro benzene ring substituents is 1. The molecule has 0 radical (unpaired) electrons. The van der Waals surface area contributed by atoms with Gasteiger partial charge in [-0.2, -0.15) is 0 Å². The summed E-state index contributed by atoms with van der Waals surface area (Å²) in [5.41, 5.74) is 2.21. The summed E-state index contributed by atoms with van der Waals surface area (Å²) in [6, 6.07) is 19.4. The zero-order chi connectivity index (χ0) is 18.4. The second-order valence-corrected chi connectivity index (χ2v) is 7.26. The van der Waals surface area contributed by atoms with Gasteiger partial charge in [0.15, 0.2) is 6.23 Å². The molecule has 0 aliphatic carbocycles. The lowest BCUT2D eigenvalue weighted by molar-refractivity contribution is -0.385. The van der Waals surface area contributed by atoms with Crippen molar-refractivity contribution in [1.82, 2.24) is 4.90 Å². The molecule has 0 saturated carbocycles. The van der Waals surface area contributed by atoms with Crippen LogP contribution in [0.1, 0.15) is 36.4 Å². The fourth-order valence-electron chi connectivity index (χ4n) is 4.48. The summed E-state index contributed by atoms with van der Waals surface area (Å²) in [6.07, 6.45) is 3.27. The van der Waals surface area contributed by atoms with E-state index in [1.54, 1.807) is 18.2 Å². The number of nitro groups is 1. The van der Waals surface area contributed by atoms with Gasteiger partial charge in [0.2, 0.25) is 0 Å². The molecule has 0 amide bonds. The highest BCUT2D eigenvalue weighted by Gasteiger charge is 2.39. The van der Waals surface area contributed by atoms with E-state index >= 15 is 0 Å². The highest BCUT2D eigenvalue weighted by atomic mass is 16.6. The van der Waals surface area contributed by atoms with Crippen molar-refractivity contribution < 1.29 is 9.66 Å². The van der Waals surface area contributed by atoms with E-state index in [1.807, 2.05) is 24.3 Å². The van der Waals surface area contributed by atoms with Crippen molar-refractivity contribution in [3.8, 4) is 5.75 Å². The zero-order valence-electron chi connectivity index (χ0n) is 14.9. The quantitative estimate of drug-likeness (QED) is 0.474. The predicted molar refractivity (Wildman–Crippen MR) is 104 cm³/mol. The Bertz CT molecular complexity index is 1030. The summed E-state index contributed by atoms with van der Waals surface area (Å²) in [5.74, 6) is 0.897. The van der Waals surface area contributed by atoms with Crippen molar-refractivity contribution >= 4 is 16.5 Å². The first-order valence-corrected chi connectivity index (χ1v) is 9.41. The Labute approximate surface area is 157 Å². The summed E-state index contributed by atoms with van der Waals surface area (Å²) in [5, 5.41) is 13.7. The molecule has 2 atom stereocenters. The third kappa shape index (κ3) is 2.66. The molecule has 5 nitrogen and oxygen atoms in total. The van der Waals surface area contributed by atoms with Crippen LogP contribution in [0.5, 0.6) is 5.75 Å². The van der Waals surface area contributed by atoms with E-state index in [0.29, 0.717) is 0 Å². The van der Waals surface area contributed by atoms with E-state index < -0.39 is 0 Å². The fraction of sp³-hybridized carbons (Fsp3) is 0.273. The number of nitrogens with zero attached hydrogens (tertiary/aromatic N) is 2. The molecular weight excluding hydrogens is 340 g/mol. The number of hydrogen-bond donors (Lipinski definition) is 0. The fourth-order valence-corrected chi connectivity index (χ4v) is 4.48. The van der Waals surface area contributed by atoms with Crippen LogP contribution in [-0.2, 0) is 0 Å². The van der Waals surface area contributed by atoms with E-state index in [0.717, 1.165) is 53.5 Å². The minimum Gasteiger partial charge on any atom is -0.475 e. The highest BCUT2D eigenvalue weighted by molar-refractivity contribution is 5.89. The third-order valence-electron chi connectivity index (χ3n) is 5.68. The van der Waals surface area contributed by atoms with Gasteiger partial charge in [-0.05, 0) is 41.7 Å². The van der Waals surface area contributed by atoms with Crippen molar-refractivity contribution in [1.29, 1.82) is 0 Å². The van der Waals surface area contributed by atoms with E-state index in [4.69, 9.17) is 4.74 Å². The van der Waals surface area contributed by atoms with Crippen LogP contribution < -0.4 is 4.74 Å². The molecule has 1 fully saturated rings. The highest BCUT2D eigenvalue weighted by Crippen LogP contribution is 2.46. The second kappa shape index (κ2) is 6.35. The van der Waals surface area contributed by atoms with Crippen LogP contribution in [-0.4, -0.2) is 22.6 Å². The van der Waals surface area contributed by atoms with Crippen molar-refractivity contribution in [2.75, 3.05) is 6.54 Å². The van der Waals surface area contributed by atoms with Gasteiger partial charge in [0.05, 0.1) is 11.0 Å². The summed E-state index contributed by atoms with van der Waals surface area (Å²) in [4.78, 5) is 13.4. The Hall–Kier alpha value is -2.92. The van der Waals surface area contributed by atoms with E-state index in [9.17, 15) is 10.1 Å². The molecular formula is C22H20N2O3. The first-order valence-electron chi connectivity index (χ1n) is 9.41. The van der Waals surface area contributed by atoms with Crippen molar-refractivity contribution in [3.05, 3.63) is 81.9 Å². The van der Waals surface area contributed by atoms with E-state index in [2.05, 4.69) is 23.1 Å². The maximum atomic E-state index is 11.3. The van der Waals surface area contributed by atoms with Gasteiger partial charge in [-0.3, -0.25) is 15.0 Å². The number of benzene rings is 3. The van der Waals surface area contributed by atoms with Crippen LogP contribution in [0, 0.1) is 10.1 Å². The molecule has 1 saturated heterocycles. The van der Waals surface area contributed by atoms with E-state index in [-0.39, 0.29) is 22.9 Å². The smallest absolute Gasteiger partial charge is 0.269 e. The number of fused-ring (bicyclic) bond motifs is 4. The van der Waals surface area contributed by atoms with Crippen molar-refractivity contribution in [2.45, 2.75) is 31.5 Å². The number of non-ortho nitro benzene ring substituents is 1. The zero-order valence-corrected chi connectivity index (χ0v) is 14.9. The Kier molecular flexibility index (Phi) is 3.83. The summed E-state index contributed by atoms with van der Waals surface area (Å²) in [7, 11) is 0. The first kappa shape index (κ1) is 16.3. The van der Waals surface area contributed by atoms with Crippen LogP contribution in [0.3, 0.4) is 0 Å². The molecule has 0 bridgehead atoms. The summed E-state index contributed by atoms with van der Waals surface area (Å²) >= 11 is 0. The number of rotatable bonds is 2. The van der Waals surface area contributed by atoms with Gasteiger partial charge in [-0.1, -0.05) is 42.5 Å². The van der Waals surface area contributed by atoms with E-state index in [1.165, 1.54) is 0 Å². The molecule has 2 aliphatic heterocycles. The van der Waals surface area contributed by atoms with Gasteiger partial charge in [0, 0.05) is 24.2 Å². The standard InChI is InChI=1S/C22H20N2O3/c25-24(26)17-8-5-7-16(14-17)22-21-18-9-2-1-6-15(18)11-12-19(21)27-20-10-3-4-13-23(20)22/h1-2,5-9,11-12,14,20,22H,3-4,10,13H2/t20-,22+/m0/s1. The van der Waals surface area contributed by atoms with Crippen LogP contribution >= 0.6 is 0 Å². The number of ether oxygens (including phenoxy) is 1. The predicted octanol–water partition coefficient (Wildman–Crippen LogP) is 5.04. The molecule has 0 unspecified atom stereocenters. The summed E-state index contributed by atoms with van der Waals surface area (Å²) < 4.78 is 6.37.